The lowest BCUT2D eigenvalue weighted by atomic mass is 10.0. The summed E-state index contributed by atoms with van der Waals surface area (Å²) in [5, 5.41) is 3.53. The standard InChI is InChI=1S/C15H15N3S/c16-10-5-6-13-15(17-9-18(13)7-10)12-8-19-14-4-2-1-3-11(12)14/h1-4,8-10H,5-7,16H2. The lowest BCUT2D eigenvalue weighted by molar-refractivity contribution is 0.461. The summed E-state index contributed by atoms with van der Waals surface area (Å²) in [7, 11) is 0. The van der Waals surface area contributed by atoms with E-state index >= 15 is 0 Å². The highest BCUT2D eigenvalue weighted by atomic mass is 32.1. The van der Waals surface area contributed by atoms with Gasteiger partial charge in [-0.05, 0) is 18.9 Å². The molecule has 1 aliphatic heterocycles. The molecule has 1 unspecified atom stereocenters. The van der Waals surface area contributed by atoms with Crippen LogP contribution in [0.3, 0.4) is 0 Å². The van der Waals surface area contributed by atoms with Crippen molar-refractivity contribution < 1.29 is 0 Å². The van der Waals surface area contributed by atoms with E-state index in [-0.39, 0.29) is 6.04 Å². The number of fused-ring (bicyclic) bond motifs is 2. The van der Waals surface area contributed by atoms with Crippen LogP contribution in [0.4, 0.5) is 0 Å². The van der Waals surface area contributed by atoms with Gasteiger partial charge in [0.15, 0.2) is 0 Å². The third-order valence-corrected chi connectivity index (χ3v) is 4.83. The summed E-state index contributed by atoms with van der Waals surface area (Å²) in [6, 6.07) is 8.80. The van der Waals surface area contributed by atoms with Crippen LogP contribution in [0, 0.1) is 0 Å². The Balaban J connectivity index is 1.89. The van der Waals surface area contributed by atoms with Crippen LogP contribution in [-0.4, -0.2) is 15.6 Å². The smallest absolute Gasteiger partial charge is 0.0956 e. The Bertz CT molecular complexity index is 741. The van der Waals surface area contributed by atoms with E-state index in [0.717, 1.165) is 25.1 Å². The molecule has 96 valence electrons. The van der Waals surface area contributed by atoms with Crippen LogP contribution in [-0.2, 0) is 13.0 Å². The zero-order valence-electron chi connectivity index (χ0n) is 10.5. The molecule has 0 bridgehead atoms. The van der Waals surface area contributed by atoms with E-state index in [1.165, 1.54) is 21.3 Å². The number of imidazole rings is 1. The van der Waals surface area contributed by atoms with E-state index in [1.807, 2.05) is 6.33 Å². The SMILES string of the molecule is NC1CCc2c(-c3csc4ccccc34)ncn2C1. The summed E-state index contributed by atoms with van der Waals surface area (Å²) in [6.45, 7) is 0.893. The van der Waals surface area contributed by atoms with Gasteiger partial charge in [-0.3, -0.25) is 0 Å². The monoisotopic (exact) mass is 269 g/mol. The molecule has 3 heterocycles. The van der Waals surface area contributed by atoms with Crippen molar-refractivity contribution in [1.82, 2.24) is 9.55 Å². The van der Waals surface area contributed by atoms with Crippen LogP contribution < -0.4 is 5.73 Å². The van der Waals surface area contributed by atoms with Gasteiger partial charge in [0, 0.05) is 39.3 Å². The fraction of sp³-hybridized carbons (Fsp3) is 0.267. The molecule has 0 aliphatic carbocycles. The first kappa shape index (κ1) is 11.2. The molecule has 2 N–H and O–H groups in total. The van der Waals surface area contributed by atoms with Gasteiger partial charge < -0.3 is 10.3 Å². The average molecular weight is 269 g/mol. The minimum atomic E-state index is 0.272. The number of benzene rings is 1. The fourth-order valence-corrected chi connectivity index (χ4v) is 3.82. The maximum Gasteiger partial charge on any atom is 0.0956 e. The zero-order chi connectivity index (χ0) is 12.8. The van der Waals surface area contributed by atoms with Gasteiger partial charge in [-0.15, -0.1) is 11.3 Å². The Morgan fingerprint density at radius 2 is 2.21 bits per heavy atom. The molecule has 1 aromatic carbocycles. The predicted molar refractivity (Wildman–Crippen MR) is 79.3 cm³/mol. The normalized spacial score (nSPS) is 18.7. The van der Waals surface area contributed by atoms with Crippen molar-refractivity contribution in [3.8, 4) is 11.3 Å². The van der Waals surface area contributed by atoms with Gasteiger partial charge in [0.2, 0.25) is 0 Å². The van der Waals surface area contributed by atoms with Gasteiger partial charge in [-0.25, -0.2) is 4.98 Å². The van der Waals surface area contributed by atoms with Crippen LogP contribution >= 0.6 is 11.3 Å². The molecule has 4 rings (SSSR count). The summed E-state index contributed by atoms with van der Waals surface area (Å²) in [5.74, 6) is 0. The van der Waals surface area contributed by atoms with Gasteiger partial charge in [0.25, 0.3) is 0 Å². The first-order chi connectivity index (χ1) is 9.33. The molecule has 3 nitrogen and oxygen atoms in total. The quantitative estimate of drug-likeness (QED) is 0.738. The molecule has 0 saturated heterocycles. The third kappa shape index (κ3) is 1.71. The lowest BCUT2D eigenvalue weighted by Crippen LogP contribution is -2.31. The van der Waals surface area contributed by atoms with Crippen molar-refractivity contribution in [2.24, 2.45) is 5.73 Å². The summed E-state index contributed by atoms with van der Waals surface area (Å²) in [5.41, 5.74) is 9.77. The molecule has 4 heteroatoms. The molecular formula is C15H15N3S. The summed E-state index contributed by atoms with van der Waals surface area (Å²) in [4.78, 5) is 4.64. The Kier molecular flexibility index (Phi) is 2.47. The van der Waals surface area contributed by atoms with E-state index < -0.39 is 0 Å². The van der Waals surface area contributed by atoms with Crippen molar-refractivity contribution in [3.63, 3.8) is 0 Å². The minimum absolute atomic E-state index is 0.272. The molecule has 19 heavy (non-hydrogen) atoms. The van der Waals surface area contributed by atoms with Crippen molar-refractivity contribution in [2.45, 2.75) is 25.4 Å². The number of rotatable bonds is 1. The van der Waals surface area contributed by atoms with Gasteiger partial charge in [-0.1, -0.05) is 18.2 Å². The molecule has 2 aromatic heterocycles. The summed E-state index contributed by atoms with van der Waals surface area (Å²) in [6.07, 6.45) is 4.03. The van der Waals surface area contributed by atoms with Crippen molar-refractivity contribution in [1.29, 1.82) is 0 Å². The highest BCUT2D eigenvalue weighted by molar-refractivity contribution is 7.17. The molecule has 1 aliphatic rings. The molecule has 0 amide bonds. The number of thiophene rings is 1. The van der Waals surface area contributed by atoms with Gasteiger partial charge in [0.1, 0.15) is 0 Å². The van der Waals surface area contributed by atoms with Crippen LogP contribution in [0.25, 0.3) is 21.3 Å². The van der Waals surface area contributed by atoms with Gasteiger partial charge in [0.05, 0.1) is 12.0 Å². The zero-order valence-corrected chi connectivity index (χ0v) is 11.4. The fourth-order valence-electron chi connectivity index (χ4n) is 2.88. The second-order valence-electron chi connectivity index (χ2n) is 5.14. The van der Waals surface area contributed by atoms with Crippen LogP contribution in [0.2, 0.25) is 0 Å². The van der Waals surface area contributed by atoms with Gasteiger partial charge >= 0.3 is 0 Å². The molecule has 0 saturated carbocycles. The molecular weight excluding hydrogens is 254 g/mol. The van der Waals surface area contributed by atoms with E-state index in [1.54, 1.807) is 11.3 Å². The Labute approximate surface area is 115 Å². The van der Waals surface area contributed by atoms with Crippen LogP contribution in [0.15, 0.2) is 36.0 Å². The lowest BCUT2D eigenvalue weighted by Gasteiger charge is -2.21. The van der Waals surface area contributed by atoms with E-state index in [9.17, 15) is 0 Å². The number of hydrogen-bond acceptors (Lipinski definition) is 3. The van der Waals surface area contributed by atoms with E-state index in [4.69, 9.17) is 5.73 Å². The van der Waals surface area contributed by atoms with Gasteiger partial charge in [-0.2, -0.15) is 0 Å². The summed E-state index contributed by atoms with van der Waals surface area (Å²) >= 11 is 1.79. The van der Waals surface area contributed by atoms with E-state index in [2.05, 4.69) is 39.2 Å². The maximum absolute atomic E-state index is 6.02. The van der Waals surface area contributed by atoms with E-state index in [0.29, 0.717) is 0 Å². The Morgan fingerprint density at radius 1 is 1.32 bits per heavy atom. The number of aromatic nitrogens is 2. The number of hydrogen-bond donors (Lipinski definition) is 1. The molecule has 0 fully saturated rings. The van der Waals surface area contributed by atoms with Crippen molar-refractivity contribution in [2.75, 3.05) is 0 Å². The number of nitrogens with two attached hydrogens (primary N) is 1. The van der Waals surface area contributed by atoms with Crippen molar-refractivity contribution in [3.05, 3.63) is 41.7 Å². The molecule has 1 atom stereocenters. The second kappa shape index (κ2) is 4.18. The average Bonchev–Trinajstić information content (AvgIpc) is 3.01. The largest absolute Gasteiger partial charge is 0.332 e. The minimum Gasteiger partial charge on any atom is -0.332 e. The molecule has 0 spiro atoms. The predicted octanol–water partition coefficient (Wildman–Crippen LogP) is 3.04. The molecule has 3 aromatic rings. The summed E-state index contributed by atoms with van der Waals surface area (Å²) < 4.78 is 3.54. The Morgan fingerprint density at radius 3 is 3.16 bits per heavy atom. The number of nitrogens with zero attached hydrogens (tertiary/aromatic N) is 2. The maximum atomic E-state index is 6.02. The highest BCUT2D eigenvalue weighted by Gasteiger charge is 2.21. The highest BCUT2D eigenvalue weighted by Crippen LogP contribution is 2.35. The Hall–Kier alpha value is -1.65. The molecule has 0 radical (unpaired) electrons. The third-order valence-electron chi connectivity index (χ3n) is 3.87. The van der Waals surface area contributed by atoms with Crippen LogP contribution in [0.5, 0.6) is 0 Å². The first-order valence-electron chi connectivity index (χ1n) is 6.59. The van der Waals surface area contributed by atoms with Crippen LogP contribution in [0.1, 0.15) is 12.1 Å². The van der Waals surface area contributed by atoms with Crippen molar-refractivity contribution >= 4 is 21.4 Å². The first-order valence-corrected chi connectivity index (χ1v) is 7.47. The second-order valence-corrected chi connectivity index (χ2v) is 6.05. The topological polar surface area (TPSA) is 43.8 Å².